The quantitative estimate of drug-likeness (QED) is 0.586. The first-order valence-electron chi connectivity index (χ1n) is 9.16. The van der Waals surface area contributed by atoms with Crippen LogP contribution in [0.15, 0.2) is 77.7 Å². The summed E-state index contributed by atoms with van der Waals surface area (Å²) in [5.41, 5.74) is 1.59. The van der Waals surface area contributed by atoms with Gasteiger partial charge in [0.1, 0.15) is 11.6 Å². The van der Waals surface area contributed by atoms with Crippen molar-refractivity contribution in [3.8, 4) is 5.75 Å². The van der Waals surface area contributed by atoms with E-state index in [4.69, 9.17) is 4.74 Å². The van der Waals surface area contributed by atoms with Crippen molar-refractivity contribution in [1.29, 1.82) is 0 Å². The lowest BCUT2D eigenvalue weighted by atomic mass is 10.2. The zero-order valence-corrected chi connectivity index (χ0v) is 17.2. The van der Waals surface area contributed by atoms with E-state index < -0.39 is 21.9 Å². The molecule has 8 heteroatoms. The number of nitrogens with one attached hydrogen (secondary N) is 2. The number of sulfonamides is 1. The minimum absolute atomic E-state index is 0.00836. The number of aryl methyl sites for hydroxylation is 1. The van der Waals surface area contributed by atoms with Crippen LogP contribution in [-0.4, -0.2) is 20.4 Å². The van der Waals surface area contributed by atoms with Gasteiger partial charge in [0.2, 0.25) is 0 Å². The first kappa shape index (κ1) is 21.3. The second-order valence-corrected chi connectivity index (χ2v) is 8.33. The molecule has 0 spiro atoms. The maximum atomic E-state index is 13.0. The predicted molar refractivity (Wildman–Crippen MR) is 114 cm³/mol. The zero-order chi connectivity index (χ0) is 21.7. The van der Waals surface area contributed by atoms with Crippen LogP contribution in [-0.2, 0) is 14.8 Å². The minimum Gasteiger partial charge on any atom is -0.481 e. The Labute approximate surface area is 174 Å². The highest BCUT2D eigenvalue weighted by molar-refractivity contribution is 7.92. The molecule has 1 amide bonds. The number of carbonyl (C=O) groups is 1. The van der Waals surface area contributed by atoms with Crippen molar-refractivity contribution in [3.05, 3.63) is 84.2 Å². The van der Waals surface area contributed by atoms with Crippen LogP contribution in [0.3, 0.4) is 0 Å². The molecule has 3 aromatic rings. The van der Waals surface area contributed by atoms with Gasteiger partial charge in [-0.25, -0.2) is 12.8 Å². The molecule has 2 N–H and O–H groups in total. The summed E-state index contributed by atoms with van der Waals surface area (Å²) in [5.74, 6) is -0.203. The second-order valence-electron chi connectivity index (χ2n) is 6.65. The van der Waals surface area contributed by atoms with Crippen molar-refractivity contribution in [2.75, 3.05) is 10.0 Å². The van der Waals surface area contributed by atoms with Crippen LogP contribution in [0.2, 0.25) is 0 Å². The molecule has 6 nitrogen and oxygen atoms in total. The van der Waals surface area contributed by atoms with Crippen LogP contribution < -0.4 is 14.8 Å². The van der Waals surface area contributed by atoms with Gasteiger partial charge in [0, 0.05) is 11.4 Å². The smallest absolute Gasteiger partial charge is 0.265 e. The van der Waals surface area contributed by atoms with Gasteiger partial charge in [-0.15, -0.1) is 0 Å². The molecule has 3 rings (SSSR count). The van der Waals surface area contributed by atoms with Gasteiger partial charge in [0.25, 0.3) is 15.9 Å². The Kier molecular flexibility index (Phi) is 6.37. The molecule has 0 radical (unpaired) electrons. The van der Waals surface area contributed by atoms with E-state index in [9.17, 15) is 17.6 Å². The number of amides is 1. The lowest BCUT2D eigenvalue weighted by Crippen LogP contribution is -2.30. The summed E-state index contributed by atoms with van der Waals surface area (Å²) in [4.78, 5) is 12.4. The van der Waals surface area contributed by atoms with Crippen molar-refractivity contribution in [2.45, 2.75) is 24.8 Å². The molecule has 0 aliphatic rings. The third-order valence-electron chi connectivity index (χ3n) is 4.30. The number of para-hydroxylation sites is 1. The van der Waals surface area contributed by atoms with Crippen LogP contribution in [0.4, 0.5) is 15.8 Å². The number of ether oxygens (including phenoxy) is 1. The Morgan fingerprint density at radius 2 is 1.53 bits per heavy atom. The normalized spacial score (nSPS) is 12.1. The number of benzene rings is 3. The molecule has 0 aliphatic heterocycles. The maximum absolute atomic E-state index is 13.0. The highest BCUT2D eigenvalue weighted by Crippen LogP contribution is 2.20. The topological polar surface area (TPSA) is 84.5 Å². The Morgan fingerprint density at radius 3 is 2.17 bits per heavy atom. The summed E-state index contributed by atoms with van der Waals surface area (Å²) >= 11 is 0. The molecule has 1 atom stereocenters. The third kappa shape index (κ3) is 5.36. The van der Waals surface area contributed by atoms with Crippen LogP contribution in [0.25, 0.3) is 0 Å². The zero-order valence-electron chi connectivity index (χ0n) is 16.4. The summed E-state index contributed by atoms with van der Waals surface area (Å²) in [7, 11) is -3.84. The van der Waals surface area contributed by atoms with Crippen molar-refractivity contribution in [3.63, 3.8) is 0 Å². The summed E-state index contributed by atoms with van der Waals surface area (Å²) in [6.45, 7) is 3.52. The molecule has 0 aromatic heterocycles. The van der Waals surface area contributed by atoms with Crippen molar-refractivity contribution >= 4 is 27.3 Å². The molecule has 0 fully saturated rings. The number of hydrogen-bond donors (Lipinski definition) is 2. The van der Waals surface area contributed by atoms with Crippen LogP contribution in [0, 0.1) is 12.7 Å². The van der Waals surface area contributed by atoms with Crippen LogP contribution in [0.5, 0.6) is 5.75 Å². The van der Waals surface area contributed by atoms with Gasteiger partial charge in [-0.1, -0.05) is 18.2 Å². The van der Waals surface area contributed by atoms with E-state index in [1.165, 1.54) is 36.4 Å². The number of halogens is 1. The van der Waals surface area contributed by atoms with Gasteiger partial charge in [-0.2, -0.15) is 0 Å². The number of carbonyl (C=O) groups excluding carboxylic acids is 1. The molecule has 156 valence electrons. The Balaban J connectivity index is 1.64. The second kappa shape index (κ2) is 8.96. The third-order valence-corrected chi connectivity index (χ3v) is 5.69. The lowest BCUT2D eigenvalue weighted by molar-refractivity contribution is -0.122. The summed E-state index contributed by atoms with van der Waals surface area (Å²) < 4.78 is 45.9. The predicted octanol–water partition coefficient (Wildman–Crippen LogP) is 4.34. The minimum atomic E-state index is -3.84. The Hall–Kier alpha value is -3.39. The van der Waals surface area contributed by atoms with Gasteiger partial charge in [0.15, 0.2) is 6.10 Å². The lowest BCUT2D eigenvalue weighted by Gasteiger charge is -2.16. The summed E-state index contributed by atoms with van der Waals surface area (Å²) in [5, 5.41) is 2.70. The fraction of sp³-hybridized carbons (Fsp3) is 0.136. The van der Waals surface area contributed by atoms with Gasteiger partial charge < -0.3 is 10.1 Å². The molecule has 0 aliphatic carbocycles. The maximum Gasteiger partial charge on any atom is 0.265 e. The highest BCUT2D eigenvalue weighted by atomic mass is 32.2. The molecule has 0 unspecified atom stereocenters. The molecule has 0 saturated heterocycles. The van der Waals surface area contributed by atoms with Gasteiger partial charge >= 0.3 is 0 Å². The molecule has 30 heavy (non-hydrogen) atoms. The van der Waals surface area contributed by atoms with Crippen molar-refractivity contribution in [1.82, 2.24) is 0 Å². The fourth-order valence-electron chi connectivity index (χ4n) is 2.63. The highest BCUT2D eigenvalue weighted by Gasteiger charge is 2.17. The van der Waals surface area contributed by atoms with E-state index in [1.54, 1.807) is 13.0 Å². The summed E-state index contributed by atoms with van der Waals surface area (Å²) in [6, 6.07) is 18.1. The monoisotopic (exact) mass is 428 g/mol. The Morgan fingerprint density at radius 1 is 0.933 bits per heavy atom. The molecule has 3 aromatic carbocycles. The first-order chi connectivity index (χ1) is 14.2. The van der Waals surface area contributed by atoms with Crippen molar-refractivity contribution < 1.29 is 22.3 Å². The fourth-order valence-corrected chi connectivity index (χ4v) is 3.68. The molecule has 0 heterocycles. The SMILES string of the molecule is Cc1ccccc1O[C@@H](C)C(=O)Nc1ccc(S(=O)(=O)Nc2ccc(F)cc2)cc1. The Bertz CT molecular complexity index is 1130. The molecular formula is C22H21FN2O4S. The first-order valence-corrected chi connectivity index (χ1v) is 10.6. The van der Waals surface area contributed by atoms with E-state index >= 15 is 0 Å². The van der Waals surface area contributed by atoms with E-state index in [0.29, 0.717) is 11.4 Å². The molecular weight excluding hydrogens is 407 g/mol. The summed E-state index contributed by atoms with van der Waals surface area (Å²) in [6.07, 6.45) is -0.741. The van der Waals surface area contributed by atoms with Gasteiger partial charge in [-0.05, 0) is 74.0 Å². The molecule has 0 bridgehead atoms. The standard InChI is InChI=1S/C22H21FN2O4S/c1-15-5-3-4-6-21(15)29-16(2)22(26)24-18-11-13-20(14-12-18)30(27,28)25-19-9-7-17(23)8-10-19/h3-14,16,25H,1-2H3,(H,24,26)/t16-/m0/s1. The average molecular weight is 428 g/mol. The van der Waals surface area contributed by atoms with E-state index in [0.717, 1.165) is 17.7 Å². The number of hydrogen-bond acceptors (Lipinski definition) is 4. The largest absolute Gasteiger partial charge is 0.481 e. The average Bonchev–Trinajstić information content (AvgIpc) is 2.71. The van der Waals surface area contributed by atoms with E-state index in [1.807, 2.05) is 25.1 Å². The van der Waals surface area contributed by atoms with Gasteiger partial charge in [-0.3, -0.25) is 9.52 Å². The van der Waals surface area contributed by atoms with Crippen LogP contribution in [0.1, 0.15) is 12.5 Å². The van der Waals surface area contributed by atoms with Gasteiger partial charge in [0.05, 0.1) is 4.90 Å². The number of anilines is 2. The van der Waals surface area contributed by atoms with E-state index in [2.05, 4.69) is 10.0 Å². The number of rotatable bonds is 7. The van der Waals surface area contributed by atoms with Crippen LogP contribution >= 0.6 is 0 Å². The van der Waals surface area contributed by atoms with Crippen molar-refractivity contribution in [2.24, 2.45) is 0 Å². The molecule has 0 saturated carbocycles. The van der Waals surface area contributed by atoms with E-state index in [-0.39, 0.29) is 16.5 Å².